The zero-order chi connectivity index (χ0) is 11.2. The zero-order valence-electron chi connectivity index (χ0n) is 9.28. The standard InChI is InChI=1S/C13H16N2O/c14-9-12-3-1-2-4-13(12)15-7-8-16-10-11-5-6-11/h1-4,11,15H,5-8,10H2. The Hall–Kier alpha value is -1.53. The van der Waals surface area contributed by atoms with Crippen molar-refractivity contribution in [2.24, 2.45) is 5.92 Å². The molecule has 0 aromatic heterocycles. The molecule has 1 fully saturated rings. The summed E-state index contributed by atoms with van der Waals surface area (Å²) in [4.78, 5) is 0. The van der Waals surface area contributed by atoms with Crippen LogP contribution in [0.4, 0.5) is 5.69 Å². The summed E-state index contributed by atoms with van der Waals surface area (Å²) in [6.07, 6.45) is 2.65. The molecule has 1 aromatic carbocycles. The molecule has 0 heterocycles. The second-order valence-electron chi connectivity index (χ2n) is 4.10. The van der Waals surface area contributed by atoms with Gasteiger partial charge in [-0.1, -0.05) is 12.1 Å². The van der Waals surface area contributed by atoms with Crippen molar-refractivity contribution < 1.29 is 4.74 Å². The fraction of sp³-hybridized carbons (Fsp3) is 0.462. The molecule has 84 valence electrons. The number of hydrogen-bond acceptors (Lipinski definition) is 3. The minimum atomic E-state index is 0.685. The van der Waals surface area contributed by atoms with Crippen molar-refractivity contribution >= 4 is 5.69 Å². The normalized spacial score (nSPS) is 14.4. The maximum absolute atomic E-state index is 8.88. The first kappa shape index (κ1) is 11.0. The number of nitrogens with zero attached hydrogens (tertiary/aromatic N) is 1. The average Bonchev–Trinajstić information content (AvgIpc) is 3.13. The summed E-state index contributed by atoms with van der Waals surface area (Å²) < 4.78 is 5.51. The van der Waals surface area contributed by atoms with Gasteiger partial charge in [-0.2, -0.15) is 5.26 Å². The van der Waals surface area contributed by atoms with Gasteiger partial charge >= 0.3 is 0 Å². The van der Waals surface area contributed by atoms with Crippen LogP contribution in [-0.4, -0.2) is 19.8 Å². The minimum Gasteiger partial charge on any atom is -0.382 e. The van der Waals surface area contributed by atoms with E-state index in [2.05, 4.69) is 11.4 Å². The molecule has 1 aromatic rings. The monoisotopic (exact) mass is 216 g/mol. The Morgan fingerprint density at radius 2 is 2.19 bits per heavy atom. The summed E-state index contributed by atoms with van der Waals surface area (Å²) in [6.45, 7) is 2.35. The first-order valence-electron chi connectivity index (χ1n) is 5.71. The fourth-order valence-electron chi connectivity index (χ4n) is 1.53. The van der Waals surface area contributed by atoms with Gasteiger partial charge in [0.1, 0.15) is 6.07 Å². The number of rotatable bonds is 6. The molecule has 0 aliphatic heterocycles. The van der Waals surface area contributed by atoms with E-state index in [1.807, 2.05) is 24.3 Å². The lowest BCUT2D eigenvalue weighted by Crippen LogP contribution is -2.11. The molecule has 3 nitrogen and oxygen atoms in total. The summed E-state index contributed by atoms with van der Waals surface area (Å²) in [7, 11) is 0. The van der Waals surface area contributed by atoms with Crippen LogP contribution in [0.5, 0.6) is 0 Å². The van der Waals surface area contributed by atoms with Gasteiger partial charge in [-0.3, -0.25) is 0 Å². The Balaban J connectivity index is 1.69. The molecule has 2 rings (SSSR count). The number of nitrogens with one attached hydrogen (secondary N) is 1. The van der Waals surface area contributed by atoms with E-state index >= 15 is 0 Å². The fourth-order valence-corrected chi connectivity index (χ4v) is 1.53. The third-order valence-electron chi connectivity index (χ3n) is 2.66. The number of anilines is 1. The molecular formula is C13H16N2O. The van der Waals surface area contributed by atoms with Crippen molar-refractivity contribution in [2.45, 2.75) is 12.8 Å². The van der Waals surface area contributed by atoms with Crippen molar-refractivity contribution in [2.75, 3.05) is 25.1 Å². The van der Waals surface area contributed by atoms with Crippen LogP contribution in [0.25, 0.3) is 0 Å². The van der Waals surface area contributed by atoms with E-state index in [-0.39, 0.29) is 0 Å². The summed E-state index contributed by atoms with van der Waals surface area (Å²) >= 11 is 0. The lowest BCUT2D eigenvalue weighted by Gasteiger charge is -2.08. The van der Waals surface area contributed by atoms with Crippen LogP contribution in [0.1, 0.15) is 18.4 Å². The molecule has 0 unspecified atom stereocenters. The zero-order valence-corrected chi connectivity index (χ0v) is 9.28. The Kier molecular flexibility index (Phi) is 3.79. The number of benzene rings is 1. The van der Waals surface area contributed by atoms with Gasteiger partial charge < -0.3 is 10.1 Å². The molecule has 3 heteroatoms. The number of hydrogen-bond donors (Lipinski definition) is 1. The topological polar surface area (TPSA) is 45.0 Å². The van der Waals surface area contributed by atoms with Gasteiger partial charge in [0.25, 0.3) is 0 Å². The number of para-hydroxylation sites is 1. The van der Waals surface area contributed by atoms with Crippen LogP contribution in [0.3, 0.4) is 0 Å². The molecule has 1 saturated carbocycles. The minimum absolute atomic E-state index is 0.685. The molecule has 1 N–H and O–H groups in total. The van der Waals surface area contributed by atoms with Crippen LogP contribution in [0.15, 0.2) is 24.3 Å². The van der Waals surface area contributed by atoms with Gasteiger partial charge in [-0.25, -0.2) is 0 Å². The highest BCUT2D eigenvalue weighted by molar-refractivity contribution is 5.56. The third-order valence-corrected chi connectivity index (χ3v) is 2.66. The molecule has 0 saturated heterocycles. The molecule has 0 bridgehead atoms. The third kappa shape index (κ3) is 3.25. The van der Waals surface area contributed by atoms with Crippen LogP contribution in [-0.2, 0) is 4.74 Å². The Labute approximate surface area is 96.0 Å². The lowest BCUT2D eigenvalue weighted by molar-refractivity contribution is 0.134. The highest BCUT2D eigenvalue weighted by Gasteiger charge is 2.20. The molecular weight excluding hydrogens is 200 g/mol. The molecule has 0 amide bonds. The van der Waals surface area contributed by atoms with Crippen molar-refractivity contribution in [3.05, 3.63) is 29.8 Å². The van der Waals surface area contributed by atoms with E-state index in [0.29, 0.717) is 12.2 Å². The van der Waals surface area contributed by atoms with Crippen molar-refractivity contribution in [3.63, 3.8) is 0 Å². The van der Waals surface area contributed by atoms with Gasteiger partial charge in [0.05, 0.1) is 17.9 Å². The van der Waals surface area contributed by atoms with Gasteiger partial charge in [0, 0.05) is 13.2 Å². The van der Waals surface area contributed by atoms with E-state index in [4.69, 9.17) is 10.00 Å². The van der Waals surface area contributed by atoms with E-state index in [0.717, 1.165) is 24.8 Å². The quantitative estimate of drug-likeness (QED) is 0.743. The first-order valence-corrected chi connectivity index (χ1v) is 5.71. The van der Waals surface area contributed by atoms with Crippen molar-refractivity contribution in [1.82, 2.24) is 0 Å². The van der Waals surface area contributed by atoms with Gasteiger partial charge in [-0.15, -0.1) is 0 Å². The smallest absolute Gasteiger partial charge is 0.101 e. The largest absolute Gasteiger partial charge is 0.382 e. The maximum Gasteiger partial charge on any atom is 0.101 e. The average molecular weight is 216 g/mol. The highest BCUT2D eigenvalue weighted by Crippen LogP contribution is 2.28. The second kappa shape index (κ2) is 5.53. The molecule has 16 heavy (non-hydrogen) atoms. The molecule has 1 aliphatic rings. The summed E-state index contributed by atoms with van der Waals surface area (Å²) in [6, 6.07) is 9.68. The van der Waals surface area contributed by atoms with Gasteiger partial charge in [-0.05, 0) is 30.9 Å². The SMILES string of the molecule is N#Cc1ccccc1NCCOCC1CC1. The van der Waals surface area contributed by atoms with E-state index < -0.39 is 0 Å². The van der Waals surface area contributed by atoms with Crippen LogP contribution < -0.4 is 5.32 Å². The van der Waals surface area contributed by atoms with E-state index in [1.165, 1.54) is 12.8 Å². The molecule has 0 atom stereocenters. The van der Waals surface area contributed by atoms with E-state index in [1.54, 1.807) is 0 Å². The Bertz CT molecular complexity index is 380. The summed E-state index contributed by atoms with van der Waals surface area (Å²) in [5.74, 6) is 0.811. The predicted octanol–water partition coefficient (Wildman–Crippen LogP) is 2.40. The number of ether oxygens (including phenoxy) is 1. The van der Waals surface area contributed by atoms with Gasteiger partial charge in [0.15, 0.2) is 0 Å². The van der Waals surface area contributed by atoms with Crippen molar-refractivity contribution in [1.29, 1.82) is 5.26 Å². The number of nitriles is 1. The van der Waals surface area contributed by atoms with Crippen molar-refractivity contribution in [3.8, 4) is 6.07 Å². The molecule has 1 aliphatic carbocycles. The summed E-state index contributed by atoms with van der Waals surface area (Å²) in [5, 5.41) is 12.1. The molecule has 0 spiro atoms. The van der Waals surface area contributed by atoms with Crippen LogP contribution in [0.2, 0.25) is 0 Å². The Morgan fingerprint density at radius 1 is 1.38 bits per heavy atom. The first-order chi connectivity index (χ1) is 7.90. The maximum atomic E-state index is 8.88. The summed E-state index contributed by atoms with van der Waals surface area (Å²) in [5.41, 5.74) is 1.57. The predicted molar refractivity (Wildman–Crippen MR) is 63.2 cm³/mol. The van der Waals surface area contributed by atoms with Crippen LogP contribution >= 0.6 is 0 Å². The van der Waals surface area contributed by atoms with Gasteiger partial charge in [0.2, 0.25) is 0 Å². The lowest BCUT2D eigenvalue weighted by atomic mass is 10.2. The molecule has 0 radical (unpaired) electrons. The Morgan fingerprint density at radius 3 is 2.94 bits per heavy atom. The van der Waals surface area contributed by atoms with E-state index in [9.17, 15) is 0 Å². The second-order valence-corrected chi connectivity index (χ2v) is 4.10. The van der Waals surface area contributed by atoms with Crippen LogP contribution in [0, 0.1) is 17.2 Å². The highest BCUT2D eigenvalue weighted by atomic mass is 16.5.